The van der Waals surface area contributed by atoms with Gasteiger partial charge in [-0.15, -0.1) is 0 Å². The van der Waals surface area contributed by atoms with Gasteiger partial charge in [-0.1, -0.05) is 46.8 Å². The lowest BCUT2D eigenvalue weighted by molar-refractivity contribution is -0.138. The van der Waals surface area contributed by atoms with Gasteiger partial charge in [-0.2, -0.15) is 0 Å². The zero-order valence-electron chi connectivity index (χ0n) is 16.7. The molecule has 0 aliphatic carbocycles. The van der Waals surface area contributed by atoms with Gasteiger partial charge in [0.1, 0.15) is 6.29 Å². The Morgan fingerprint density at radius 1 is 1.09 bits per heavy atom. The van der Waals surface area contributed by atoms with Crippen molar-refractivity contribution >= 4 is 20.4 Å². The van der Waals surface area contributed by atoms with E-state index in [1.165, 1.54) is 0 Å². The molecule has 0 aliphatic heterocycles. The van der Waals surface area contributed by atoms with Crippen molar-refractivity contribution < 1.29 is 14.0 Å². The van der Waals surface area contributed by atoms with Crippen LogP contribution in [0.5, 0.6) is 0 Å². The molecule has 0 spiro atoms. The summed E-state index contributed by atoms with van der Waals surface area (Å²) in [6.07, 6.45) is 4.61. The van der Waals surface area contributed by atoms with E-state index in [1.54, 1.807) is 13.8 Å². The highest BCUT2D eigenvalue weighted by Gasteiger charge is 2.44. The maximum absolute atomic E-state index is 12.8. The second-order valence-electron chi connectivity index (χ2n) is 8.72. The number of hydrogen-bond acceptors (Lipinski definition) is 3. The van der Waals surface area contributed by atoms with Crippen molar-refractivity contribution in [3.63, 3.8) is 0 Å². The Morgan fingerprint density at radius 2 is 1.57 bits per heavy atom. The molecule has 0 aliphatic rings. The third-order valence-electron chi connectivity index (χ3n) is 5.09. The van der Waals surface area contributed by atoms with Crippen molar-refractivity contribution in [3.05, 3.63) is 12.2 Å². The minimum absolute atomic E-state index is 0.0486. The molecule has 0 heterocycles. The van der Waals surface area contributed by atoms with Gasteiger partial charge in [0.05, 0.1) is 11.5 Å². The van der Waals surface area contributed by atoms with E-state index >= 15 is 0 Å². The fourth-order valence-electron chi connectivity index (χ4n) is 2.39. The van der Waals surface area contributed by atoms with Gasteiger partial charge in [-0.25, -0.2) is 0 Å². The van der Waals surface area contributed by atoms with Gasteiger partial charge in [0.2, 0.25) is 0 Å². The monoisotopic (exact) mass is 340 g/mol. The average Bonchev–Trinajstić information content (AvgIpc) is 2.42. The molecule has 0 saturated heterocycles. The van der Waals surface area contributed by atoms with Gasteiger partial charge in [0.25, 0.3) is 0 Å². The van der Waals surface area contributed by atoms with Gasteiger partial charge < -0.3 is 9.22 Å². The van der Waals surface area contributed by atoms with Crippen LogP contribution >= 0.6 is 0 Å². The predicted octanol–water partition coefficient (Wildman–Crippen LogP) is 5.02. The van der Waals surface area contributed by atoms with E-state index in [0.29, 0.717) is 0 Å². The minimum Gasteiger partial charge on any atom is -0.413 e. The normalized spacial score (nSPS) is 17.8. The number of carbonyl (C=O) groups is 2. The first kappa shape index (κ1) is 22.3. The molecule has 0 saturated carbocycles. The lowest BCUT2D eigenvalue weighted by Gasteiger charge is -2.42. The fourth-order valence-corrected chi connectivity index (χ4v) is 3.84. The van der Waals surface area contributed by atoms with Gasteiger partial charge in [-0.05, 0) is 44.8 Å². The zero-order chi connectivity index (χ0) is 18.6. The molecule has 0 unspecified atom stereocenters. The Bertz CT molecular complexity index is 444. The molecule has 0 bridgehead atoms. The average molecular weight is 341 g/mol. The number of aldehydes is 1. The maximum Gasteiger partial charge on any atom is 0.192 e. The van der Waals surface area contributed by atoms with E-state index in [-0.39, 0.29) is 28.8 Å². The molecule has 23 heavy (non-hydrogen) atoms. The first-order valence-corrected chi connectivity index (χ1v) is 11.4. The van der Waals surface area contributed by atoms with E-state index in [2.05, 4.69) is 46.9 Å². The van der Waals surface area contributed by atoms with Gasteiger partial charge in [0, 0.05) is 5.92 Å². The highest BCUT2D eigenvalue weighted by Crippen LogP contribution is 2.40. The number of ketones is 1. The minimum atomic E-state index is -2.01. The third-order valence-corrected chi connectivity index (χ3v) is 9.56. The Kier molecular flexibility index (Phi) is 7.63. The lowest BCUT2D eigenvalue weighted by Crippen LogP contribution is -2.49. The molecule has 0 aromatic carbocycles. The topological polar surface area (TPSA) is 43.4 Å². The van der Waals surface area contributed by atoms with Crippen LogP contribution in [0.2, 0.25) is 18.1 Å². The summed E-state index contributed by atoms with van der Waals surface area (Å²) in [6, 6.07) is 0. The molecule has 3 atom stereocenters. The van der Waals surface area contributed by atoms with Crippen LogP contribution in [0.15, 0.2) is 12.2 Å². The van der Waals surface area contributed by atoms with Crippen molar-refractivity contribution in [2.45, 2.75) is 79.6 Å². The van der Waals surface area contributed by atoms with Crippen molar-refractivity contribution in [2.75, 3.05) is 0 Å². The number of carbonyl (C=O) groups excluding carboxylic acids is 2. The molecule has 0 N–H and O–H groups in total. The summed E-state index contributed by atoms with van der Waals surface area (Å²) < 4.78 is 6.59. The Labute approximate surface area is 144 Å². The first-order valence-electron chi connectivity index (χ1n) is 8.52. The van der Waals surface area contributed by atoms with Crippen LogP contribution in [0, 0.1) is 17.3 Å². The van der Waals surface area contributed by atoms with Crippen LogP contribution in [-0.2, 0) is 14.0 Å². The van der Waals surface area contributed by atoms with Gasteiger partial charge in [-0.3, -0.25) is 4.79 Å². The highest BCUT2D eigenvalue weighted by atomic mass is 28.4. The fraction of sp³-hybridized carbons (Fsp3) is 0.789. The number of Topliss-reactive ketones (excluding diaryl/α,β-unsaturated/α-hetero) is 1. The molecule has 0 radical (unpaired) electrons. The van der Waals surface area contributed by atoms with E-state index in [4.69, 9.17) is 4.43 Å². The quantitative estimate of drug-likeness (QED) is 0.270. The Hall–Kier alpha value is -0.743. The molecular formula is C19H36O3Si. The van der Waals surface area contributed by atoms with Gasteiger partial charge >= 0.3 is 0 Å². The summed E-state index contributed by atoms with van der Waals surface area (Å²) in [6.45, 7) is 20.3. The van der Waals surface area contributed by atoms with Crippen LogP contribution < -0.4 is 0 Å². The molecule has 134 valence electrons. The Balaban J connectivity index is 5.65. The van der Waals surface area contributed by atoms with Gasteiger partial charge in [0.15, 0.2) is 14.1 Å². The summed E-state index contributed by atoms with van der Waals surface area (Å²) in [5.41, 5.74) is -0.968. The molecule has 0 fully saturated rings. The SMILES string of the molecule is C/C=C/[C@H](C)[C@H](O[Si](C)(C)C(C)(C)C)[C@@H](C)C(=O)C(C)(C)C=O. The van der Waals surface area contributed by atoms with E-state index in [9.17, 15) is 9.59 Å². The summed E-state index contributed by atoms with van der Waals surface area (Å²) >= 11 is 0. The maximum atomic E-state index is 12.8. The highest BCUT2D eigenvalue weighted by molar-refractivity contribution is 6.74. The van der Waals surface area contributed by atoms with E-state index in [1.807, 2.05) is 19.9 Å². The van der Waals surface area contributed by atoms with Crippen molar-refractivity contribution in [3.8, 4) is 0 Å². The van der Waals surface area contributed by atoms with Crippen LogP contribution in [0.1, 0.15) is 55.4 Å². The number of rotatable bonds is 8. The predicted molar refractivity (Wildman–Crippen MR) is 100 cm³/mol. The number of allylic oxidation sites excluding steroid dienone is 1. The van der Waals surface area contributed by atoms with Crippen LogP contribution in [0.4, 0.5) is 0 Å². The Morgan fingerprint density at radius 3 is 1.91 bits per heavy atom. The largest absolute Gasteiger partial charge is 0.413 e. The van der Waals surface area contributed by atoms with E-state index in [0.717, 1.165) is 6.29 Å². The summed E-state index contributed by atoms with van der Waals surface area (Å²) in [5, 5.41) is 0.0733. The molecular weight excluding hydrogens is 304 g/mol. The molecule has 0 amide bonds. The van der Waals surface area contributed by atoms with Crippen LogP contribution in [-0.4, -0.2) is 26.5 Å². The van der Waals surface area contributed by atoms with Crippen LogP contribution in [0.25, 0.3) is 0 Å². The van der Waals surface area contributed by atoms with Crippen molar-refractivity contribution in [2.24, 2.45) is 17.3 Å². The molecule has 0 rings (SSSR count). The molecule has 0 aromatic heterocycles. The lowest BCUT2D eigenvalue weighted by atomic mass is 9.78. The summed E-state index contributed by atoms with van der Waals surface area (Å²) in [4.78, 5) is 24.0. The van der Waals surface area contributed by atoms with E-state index < -0.39 is 13.7 Å². The zero-order valence-corrected chi connectivity index (χ0v) is 17.7. The molecule has 0 aromatic rings. The van der Waals surface area contributed by atoms with Crippen LogP contribution in [0.3, 0.4) is 0 Å². The second kappa shape index (κ2) is 7.89. The molecule has 3 nitrogen and oxygen atoms in total. The number of hydrogen-bond donors (Lipinski definition) is 0. The smallest absolute Gasteiger partial charge is 0.192 e. The van der Waals surface area contributed by atoms with Crippen molar-refractivity contribution in [1.29, 1.82) is 0 Å². The standard InChI is InChI=1S/C19H36O3Si/c1-11-12-14(2)16(22-23(9,10)18(4,5)6)15(3)17(21)19(7,8)13-20/h11-16H,1-10H3/b12-11+/t14-,15+,16-/m0/s1. The van der Waals surface area contributed by atoms with Crippen molar-refractivity contribution in [1.82, 2.24) is 0 Å². The second-order valence-corrected chi connectivity index (χ2v) is 13.5. The molecule has 4 heteroatoms. The third kappa shape index (κ3) is 5.68. The first-order chi connectivity index (χ1) is 10.2. The summed E-state index contributed by atoms with van der Waals surface area (Å²) in [7, 11) is -2.01. The summed E-state index contributed by atoms with van der Waals surface area (Å²) in [5.74, 6) is -0.251.